The van der Waals surface area contributed by atoms with Crippen LogP contribution in [0.1, 0.15) is 19.7 Å². The van der Waals surface area contributed by atoms with Crippen LogP contribution in [0, 0.1) is 5.92 Å². The molecule has 5 heteroatoms. The van der Waals surface area contributed by atoms with Crippen LogP contribution in [0.3, 0.4) is 0 Å². The van der Waals surface area contributed by atoms with Gasteiger partial charge in [0.2, 0.25) is 0 Å². The Kier molecular flexibility index (Phi) is 5.11. The lowest BCUT2D eigenvalue weighted by molar-refractivity contribution is 0.459. The molecule has 0 saturated carbocycles. The van der Waals surface area contributed by atoms with Crippen LogP contribution in [-0.4, -0.2) is 26.6 Å². The van der Waals surface area contributed by atoms with Crippen molar-refractivity contribution in [3.8, 4) is 0 Å². The van der Waals surface area contributed by atoms with Crippen molar-refractivity contribution in [2.24, 2.45) is 5.92 Å². The molecule has 4 nitrogen and oxygen atoms in total. The second kappa shape index (κ2) is 6.14. The predicted octanol–water partition coefficient (Wildman–Crippen LogP) is 1.42. The quantitative estimate of drug-likeness (QED) is 0.622. The summed E-state index contributed by atoms with van der Waals surface area (Å²) in [5.74, 6) is 1.62. The number of nitrogens with one attached hydrogen (secondary N) is 1. The van der Waals surface area contributed by atoms with Gasteiger partial charge in [0, 0.05) is 18.4 Å². The first kappa shape index (κ1) is 11.7. The molecule has 0 aliphatic carbocycles. The van der Waals surface area contributed by atoms with Crippen LogP contribution in [0.15, 0.2) is 6.33 Å². The molecule has 0 fully saturated rings. The molecule has 14 heavy (non-hydrogen) atoms. The average molecular weight is 261 g/mol. The molecule has 80 valence electrons. The molecule has 1 heterocycles. The zero-order valence-corrected chi connectivity index (χ0v) is 10.3. The lowest BCUT2D eigenvalue weighted by atomic mass is 10.2. The normalized spacial score (nSPS) is 11.1. The maximum atomic E-state index is 4.22. The van der Waals surface area contributed by atoms with Gasteiger partial charge in [-0.05, 0) is 5.92 Å². The minimum atomic E-state index is 0.603. The summed E-state index contributed by atoms with van der Waals surface area (Å²) in [5, 5.41) is 8.43. The predicted molar refractivity (Wildman–Crippen MR) is 60.4 cm³/mol. The Morgan fingerprint density at radius 3 is 3.00 bits per heavy atom. The molecule has 0 unspecified atom stereocenters. The number of rotatable bonds is 6. The van der Waals surface area contributed by atoms with Gasteiger partial charge in [-0.1, -0.05) is 29.8 Å². The molecule has 0 atom stereocenters. The molecule has 0 aromatic carbocycles. The zero-order valence-electron chi connectivity index (χ0n) is 8.70. The van der Waals surface area contributed by atoms with E-state index in [0.717, 1.165) is 30.8 Å². The fourth-order valence-corrected chi connectivity index (χ4v) is 1.47. The summed E-state index contributed by atoms with van der Waals surface area (Å²) in [6.07, 6.45) is 1.62. The molecule has 1 rings (SSSR count). The highest BCUT2D eigenvalue weighted by molar-refractivity contribution is 9.09. The van der Waals surface area contributed by atoms with Gasteiger partial charge in [-0.3, -0.25) is 0 Å². The molecule has 1 aromatic rings. The van der Waals surface area contributed by atoms with Gasteiger partial charge in [0.05, 0.1) is 6.54 Å². The highest BCUT2D eigenvalue weighted by Crippen LogP contribution is 2.00. The molecule has 0 bridgehead atoms. The second-order valence-corrected chi connectivity index (χ2v) is 4.41. The fourth-order valence-electron chi connectivity index (χ4n) is 1.19. The fraction of sp³-hybridized carbons (Fsp3) is 0.778. The third-order valence-electron chi connectivity index (χ3n) is 1.79. The van der Waals surface area contributed by atoms with E-state index in [-0.39, 0.29) is 0 Å². The van der Waals surface area contributed by atoms with Crippen LogP contribution in [0.4, 0.5) is 0 Å². The standard InChI is InChI=1S/C9H17BrN4/c1-8(2)6-14-9(12-7-13-14)5-11-4-3-10/h7-8,11H,3-6H2,1-2H3. The van der Waals surface area contributed by atoms with Gasteiger partial charge in [0.25, 0.3) is 0 Å². The lowest BCUT2D eigenvalue weighted by Crippen LogP contribution is -2.20. The minimum Gasteiger partial charge on any atom is -0.309 e. The number of hydrogen-bond donors (Lipinski definition) is 1. The van der Waals surface area contributed by atoms with Gasteiger partial charge in [-0.25, -0.2) is 9.67 Å². The van der Waals surface area contributed by atoms with Crippen LogP contribution in [0.5, 0.6) is 0 Å². The van der Waals surface area contributed by atoms with Gasteiger partial charge in [0.15, 0.2) is 0 Å². The molecule has 0 saturated heterocycles. The Balaban J connectivity index is 2.45. The second-order valence-electron chi connectivity index (χ2n) is 3.62. The number of halogens is 1. The largest absolute Gasteiger partial charge is 0.309 e. The van der Waals surface area contributed by atoms with Crippen molar-refractivity contribution < 1.29 is 0 Å². The van der Waals surface area contributed by atoms with E-state index < -0.39 is 0 Å². The first-order valence-corrected chi connectivity index (χ1v) is 5.99. The Hall–Kier alpha value is -0.420. The lowest BCUT2D eigenvalue weighted by Gasteiger charge is -2.08. The molecule has 0 aliphatic heterocycles. The van der Waals surface area contributed by atoms with E-state index in [0.29, 0.717) is 5.92 Å². The van der Waals surface area contributed by atoms with Crippen LogP contribution < -0.4 is 5.32 Å². The minimum absolute atomic E-state index is 0.603. The van der Waals surface area contributed by atoms with Crippen molar-refractivity contribution in [2.45, 2.75) is 26.9 Å². The number of aromatic nitrogens is 3. The van der Waals surface area contributed by atoms with Crippen molar-refractivity contribution in [3.05, 3.63) is 12.2 Å². The van der Waals surface area contributed by atoms with Gasteiger partial charge in [-0.15, -0.1) is 0 Å². The van der Waals surface area contributed by atoms with Gasteiger partial charge in [-0.2, -0.15) is 5.10 Å². The molecule has 1 aromatic heterocycles. The first-order valence-electron chi connectivity index (χ1n) is 4.87. The van der Waals surface area contributed by atoms with Crippen LogP contribution in [0.2, 0.25) is 0 Å². The Labute approximate surface area is 93.2 Å². The van der Waals surface area contributed by atoms with Crippen LogP contribution in [-0.2, 0) is 13.1 Å². The average Bonchev–Trinajstić information content (AvgIpc) is 2.52. The highest BCUT2D eigenvalue weighted by atomic mass is 79.9. The van der Waals surface area contributed by atoms with Crippen LogP contribution >= 0.6 is 15.9 Å². The van der Waals surface area contributed by atoms with Crippen molar-refractivity contribution in [2.75, 3.05) is 11.9 Å². The van der Waals surface area contributed by atoms with E-state index in [1.807, 2.05) is 4.68 Å². The third kappa shape index (κ3) is 3.75. The molecule has 0 spiro atoms. The Bertz CT molecular complexity index is 259. The van der Waals surface area contributed by atoms with Crippen molar-refractivity contribution in [1.29, 1.82) is 0 Å². The maximum Gasteiger partial charge on any atom is 0.140 e. The van der Waals surface area contributed by atoms with Gasteiger partial charge in [0.1, 0.15) is 12.2 Å². The number of nitrogens with zero attached hydrogens (tertiary/aromatic N) is 3. The SMILES string of the molecule is CC(C)Cn1ncnc1CNCCBr. The van der Waals surface area contributed by atoms with E-state index >= 15 is 0 Å². The number of hydrogen-bond acceptors (Lipinski definition) is 3. The first-order chi connectivity index (χ1) is 6.74. The van der Waals surface area contributed by atoms with E-state index in [1.54, 1.807) is 6.33 Å². The monoisotopic (exact) mass is 260 g/mol. The van der Waals surface area contributed by atoms with Crippen LogP contribution in [0.25, 0.3) is 0 Å². The third-order valence-corrected chi connectivity index (χ3v) is 2.18. The van der Waals surface area contributed by atoms with E-state index in [2.05, 4.69) is 45.2 Å². The summed E-state index contributed by atoms with van der Waals surface area (Å²) in [4.78, 5) is 4.22. The zero-order chi connectivity index (χ0) is 10.4. The Morgan fingerprint density at radius 1 is 1.57 bits per heavy atom. The summed E-state index contributed by atoms with van der Waals surface area (Å²) in [6.45, 7) is 7.03. The van der Waals surface area contributed by atoms with E-state index in [9.17, 15) is 0 Å². The highest BCUT2D eigenvalue weighted by Gasteiger charge is 2.04. The summed E-state index contributed by atoms with van der Waals surface area (Å²) >= 11 is 3.37. The molecule has 1 N–H and O–H groups in total. The van der Waals surface area contributed by atoms with E-state index in [4.69, 9.17) is 0 Å². The van der Waals surface area contributed by atoms with Gasteiger partial charge >= 0.3 is 0 Å². The van der Waals surface area contributed by atoms with Crippen molar-refractivity contribution >= 4 is 15.9 Å². The van der Waals surface area contributed by atoms with E-state index in [1.165, 1.54) is 0 Å². The molecular weight excluding hydrogens is 244 g/mol. The number of alkyl halides is 1. The van der Waals surface area contributed by atoms with Crippen molar-refractivity contribution in [3.63, 3.8) is 0 Å². The molecule has 0 radical (unpaired) electrons. The summed E-state index contributed by atoms with van der Waals surface area (Å²) < 4.78 is 1.96. The molecule has 0 amide bonds. The smallest absolute Gasteiger partial charge is 0.140 e. The van der Waals surface area contributed by atoms with Gasteiger partial charge < -0.3 is 5.32 Å². The molecule has 0 aliphatic rings. The summed E-state index contributed by atoms with van der Waals surface area (Å²) in [7, 11) is 0. The summed E-state index contributed by atoms with van der Waals surface area (Å²) in [5.41, 5.74) is 0. The van der Waals surface area contributed by atoms with Crippen molar-refractivity contribution in [1.82, 2.24) is 20.1 Å². The maximum absolute atomic E-state index is 4.22. The topological polar surface area (TPSA) is 42.7 Å². The molecular formula is C9H17BrN4. The summed E-state index contributed by atoms with van der Waals surface area (Å²) in [6, 6.07) is 0. The Morgan fingerprint density at radius 2 is 2.36 bits per heavy atom.